The highest BCUT2D eigenvalue weighted by Crippen LogP contribution is 2.27. The molecular weight excluding hydrogens is 232 g/mol. The second kappa shape index (κ2) is 5.27. The number of nitrogens with one attached hydrogen (secondary N) is 1. The topological polar surface area (TPSA) is 55.1 Å². The lowest BCUT2D eigenvalue weighted by Crippen LogP contribution is -2.27. The Bertz CT molecular complexity index is 424. The average Bonchev–Trinajstić information content (AvgIpc) is 2.17. The standard InChI is InChI=1S/C13H16N2OS/c14-12(17)8-9-4-6-11(7-5-9)15-13(16)10-2-1-3-10/h4-7,10H,1-3,8H2,(H2,14,17)(H,15,16). The predicted octanol–water partition coefficient (Wildman–Crippen LogP) is 2.25. The average molecular weight is 248 g/mol. The molecule has 1 amide bonds. The summed E-state index contributed by atoms with van der Waals surface area (Å²) in [7, 11) is 0. The lowest BCUT2D eigenvalue weighted by atomic mass is 9.85. The van der Waals surface area contributed by atoms with Gasteiger partial charge in [0, 0.05) is 18.0 Å². The molecule has 1 aliphatic carbocycles. The third-order valence-corrected chi connectivity index (χ3v) is 3.22. The molecule has 0 atom stereocenters. The first kappa shape index (κ1) is 12.0. The van der Waals surface area contributed by atoms with E-state index >= 15 is 0 Å². The van der Waals surface area contributed by atoms with Gasteiger partial charge in [-0.15, -0.1) is 0 Å². The van der Waals surface area contributed by atoms with Crippen LogP contribution in [-0.4, -0.2) is 10.9 Å². The van der Waals surface area contributed by atoms with Crippen molar-refractivity contribution in [2.45, 2.75) is 25.7 Å². The van der Waals surface area contributed by atoms with Gasteiger partial charge in [0.25, 0.3) is 0 Å². The highest BCUT2D eigenvalue weighted by molar-refractivity contribution is 7.80. The van der Waals surface area contributed by atoms with Gasteiger partial charge in [-0.2, -0.15) is 0 Å². The van der Waals surface area contributed by atoms with E-state index in [1.54, 1.807) is 0 Å². The van der Waals surface area contributed by atoms with Crippen LogP contribution in [0.5, 0.6) is 0 Å². The molecule has 0 bridgehead atoms. The van der Waals surface area contributed by atoms with Crippen LogP contribution in [0, 0.1) is 5.92 Å². The molecular formula is C13H16N2OS. The van der Waals surface area contributed by atoms with Crippen molar-refractivity contribution in [1.29, 1.82) is 0 Å². The van der Waals surface area contributed by atoms with Gasteiger partial charge in [0.15, 0.2) is 0 Å². The third kappa shape index (κ3) is 3.27. The number of thiocarbonyl (C=S) groups is 1. The summed E-state index contributed by atoms with van der Waals surface area (Å²) in [5.74, 6) is 0.352. The normalized spacial score (nSPS) is 15.1. The summed E-state index contributed by atoms with van der Waals surface area (Å²) >= 11 is 4.85. The molecule has 90 valence electrons. The van der Waals surface area contributed by atoms with Crippen molar-refractivity contribution in [3.05, 3.63) is 29.8 Å². The summed E-state index contributed by atoms with van der Waals surface area (Å²) in [5.41, 5.74) is 7.38. The number of anilines is 1. The van der Waals surface area contributed by atoms with E-state index in [2.05, 4.69) is 5.32 Å². The van der Waals surface area contributed by atoms with E-state index in [1.807, 2.05) is 24.3 Å². The van der Waals surface area contributed by atoms with Crippen molar-refractivity contribution in [3.63, 3.8) is 0 Å². The van der Waals surface area contributed by atoms with Gasteiger partial charge in [0.05, 0.1) is 4.99 Å². The summed E-state index contributed by atoms with van der Waals surface area (Å²) in [6.07, 6.45) is 3.81. The van der Waals surface area contributed by atoms with E-state index in [4.69, 9.17) is 18.0 Å². The van der Waals surface area contributed by atoms with Crippen molar-refractivity contribution in [2.24, 2.45) is 11.7 Å². The molecule has 1 fully saturated rings. The van der Waals surface area contributed by atoms with E-state index in [0.29, 0.717) is 11.4 Å². The van der Waals surface area contributed by atoms with Crippen molar-refractivity contribution in [2.75, 3.05) is 5.32 Å². The SMILES string of the molecule is NC(=S)Cc1ccc(NC(=O)C2CCC2)cc1. The Balaban J connectivity index is 1.93. The van der Waals surface area contributed by atoms with Crippen LogP contribution in [0.15, 0.2) is 24.3 Å². The van der Waals surface area contributed by atoms with Crippen LogP contribution in [0.4, 0.5) is 5.69 Å². The van der Waals surface area contributed by atoms with Crippen molar-refractivity contribution >= 4 is 28.8 Å². The van der Waals surface area contributed by atoms with Crippen LogP contribution in [0.25, 0.3) is 0 Å². The fourth-order valence-electron chi connectivity index (χ4n) is 1.82. The minimum Gasteiger partial charge on any atom is -0.393 e. The molecule has 0 saturated heterocycles. The zero-order valence-corrected chi connectivity index (χ0v) is 10.4. The van der Waals surface area contributed by atoms with Crippen LogP contribution < -0.4 is 11.1 Å². The quantitative estimate of drug-likeness (QED) is 0.804. The third-order valence-electron chi connectivity index (χ3n) is 3.08. The fraction of sp³-hybridized carbons (Fsp3) is 0.385. The Morgan fingerprint density at radius 1 is 1.35 bits per heavy atom. The van der Waals surface area contributed by atoms with E-state index < -0.39 is 0 Å². The molecule has 2 rings (SSSR count). The zero-order valence-electron chi connectivity index (χ0n) is 9.61. The van der Waals surface area contributed by atoms with Gasteiger partial charge in [0.1, 0.15) is 0 Å². The molecule has 0 radical (unpaired) electrons. The van der Waals surface area contributed by atoms with Crippen LogP contribution in [0.1, 0.15) is 24.8 Å². The van der Waals surface area contributed by atoms with Gasteiger partial charge in [-0.05, 0) is 30.5 Å². The van der Waals surface area contributed by atoms with Gasteiger partial charge >= 0.3 is 0 Å². The van der Waals surface area contributed by atoms with Crippen LogP contribution in [0.3, 0.4) is 0 Å². The minimum atomic E-state index is 0.137. The van der Waals surface area contributed by atoms with Crippen LogP contribution in [-0.2, 0) is 11.2 Å². The second-order valence-electron chi connectivity index (χ2n) is 4.46. The number of nitrogens with two attached hydrogens (primary N) is 1. The smallest absolute Gasteiger partial charge is 0.227 e. The highest BCUT2D eigenvalue weighted by Gasteiger charge is 2.24. The summed E-state index contributed by atoms with van der Waals surface area (Å²) in [5, 5.41) is 2.92. The Kier molecular flexibility index (Phi) is 3.74. The Morgan fingerprint density at radius 3 is 2.47 bits per heavy atom. The van der Waals surface area contributed by atoms with Crippen LogP contribution in [0.2, 0.25) is 0 Å². The number of rotatable bonds is 4. The molecule has 0 aromatic heterocycles. The van der Waals surface area contributed by atoms with Gasteiger partial charge in [0.2, 0.25) is 5.91 Å². The zero-order chi connectivity index (χ0) is 12.3. The van der Waals surface area contributed by atoms with E-state index in [-0.39, 0.29) is 11.8 Å². The largest absolute Gasteiger partial charge is 0.393 e. The first-order valence-electron chi connectivity index (χ1n) is 5.83. The molecule has 3 N–H and O–H groups in total. The molecule has 0 unspecified atom stereocenters. The maximum atomic E-state index is 11.7. The first-order chi connectivity index (χ1) is 8.15. The number of carbonyl (C=O) groups is 1. The van der Waals surface area contributed by atoms with Crippen molar-refractivity contribution < 1.29 is 4.79 Å². The molecule has 0 aliphatic heterocycles. The minimum absolute atomic E-state index is 0.137. The molecule has 17 heavy (non-hydrogen) atoms. The monoisotopic (exact) mass is 248 g/mol. The molecule has 1 aliphatic rings. The van der Waals surface area contributed by atoms with Gasteiger partial charge < -0.3 is 11.1 Å². The molecule has 0 spiro atoms. The summed E-state index contributed by atoms with van der Waals surface area (Å²) in [4.78, 5) is 12.2. The van der Waals surface area contributed by atoms with Crippen LogP contribution >= 0.6 is 12.2 Å². The number of hydrogen-bond donors (Lipinski definition) is 2. The number of hydrogen-bond acceptors (Lipinski definition) is 2. The molecule has 1 aromatic carbocycles. The number of benzene rings is 1. The summed E-state index contributed by atoms with van der Waals surface area (Å²) in [6, 6.07) is 7.67. The lowest BCUT2D eigenvalue weighted by molar-refractivity contribution is -0.122. The van der Waals surface area contributed by atoms with Gasteiger partial charge in [-0.1, -0.05) is 30.8 Å². The van der Waals surface area contributed by atoms with E-state index in [0.717, 1.165) is 24.1 Å². The van der Waals surface area contributed by atoms with Crippen molar-refractivity contribution in [3.8, 4) is 0 Å². The number of amides is 1. The fourth-order valence-corrected chi connectivity index (χ4v) is 1.99. The molecule has 4 heteroatoms. The Labute approximate surface area is 106 Å². The first-order valence-corrected chi connectivity index (χ1v) is 6.24. The Hall–Kier alpha value is -1.42. The molecule has 3 nitrogen and oxygen atoms in total. The summed E-state index contributed by atoms with van der Waals surface area (Å²) < 4.78 is 0. The van der Waals surface area contributed by atoms with Gasteiger partial charge in [-0.25, -0.2) is 0 Å². The molecule has 0 heterocycles. The second-order valence-corrected chi connectivity index (χ2v) is 4.98. The summed E-state index contributed by atoms with van der Waals surface area (Å²) in [6.45, 7) is 0. The highest BCUT2D eigenvalue weighted by atomic mass is 32.1. The van der Waals surface area contributed by atoms with E-state index in [1.165, 1.54) is 6.42 Å². The predicted molar refractivity (Wildman–Crippen MR) is 72.9 cm³/mol. The maximum Gasteiger partial charge on any atom is 0.227 e. The maximum absolute atomic E-state index is 11.7. The lowest BCUT2D eigenvalue weighted by Gasteiger charge is -2.24. The van der Waals surface area contributed by atoms with E-state index in [9.17, 15) is 4.79 Å². The molecule has 1 saturated carbocycles. The van der Waals surface area contributed by atoms with Gasteiger partial charge in [-0.3, -0.25) is 4.79 Å². The Morgan fingerprint density at radius 2 is 2.00 bits per heavy atom. The molecule has 1 aromatic rings. The number of carbonyl (C=O) groups excluding carboxylic acids is 1. The van der Waals surface area contributed by atoms with Crippen molar-refractivity contribution in [1.82, 2.24) is 0 Å².